The molecule has 0 heterocycles. The van der Waals surface area contributed by atoms with Crippen LogP contribution in [0.1, 0.15) is 44.4 Å². The lowest BCUT2D eigenvalue weighted by atomic mass is 9.88. The molecule has 1 rings (SSSR count). The van der Waals surface area contributed by atoms with Crippen LogP contribution in [0.15, 0.2) is 24.3 Å². The van der Waals surface area contributed by atoms with Crippen LogP contribution in [0.2, 0.25) is 0 Å². The largest absolute Gasteiger partial charge is 0.416 e. The fraction of sp³-hybridized carbons (Fsp3) is 0.571. The van der Waals surface area contributed by atoms with Crippen molar-refractivity contribution in [3.05, 3.63) is 35.4 Å². The van der Waals surface area contributed by atoms with Crippen molar-refractivity contribution in [3.63, 3.8) is 0 Å². The first-order valence-corrected chi connectivity index (χ1v) is 6.07. The molecule has 1 nitrogen and oxygen atoms in total. The molecule has 4 heteroatoms. The highest BCUT2D eigenvalue weighted by Crippen LogP contribution is 2.37. The zero-order valence-corrected chi connectivity index (χ0v) is 10.8. The highest BCUT2D eigenvalue weighted by Gasteiger charge is 2.35. The van der Waals surface area contributed by atoms with Gasteiger partial charge in [-0.25, -0.2) is 0 Å². The van der Waals surface area contributed by atoms with Gasteiger partial charge in [0, 0.05) is 0 Å². The fourth-order valence-electron chi connectivity index (χ4n) is 2.19. The second-order valence-corrected chi connectivity index (χ2v) is 5.14. The Kier molecular flexibility index (Phi) is 4.79. The summed E-state index contributed by atoms with van der Waals surface area (Å²) in [7, 11) is 0. The van der Waals surface area contributed by atoms with Crippen LogP contribution in [0.3, 0.4) is 0 Å². The summed E-state index contributed by atoms with van der Waals surface area (Å²) in [4.78, 5) is 0. The zero-order valence-electron chi connectivity index (χ0n) is 10.8. The van der Waals surface area contributed by atoms with Crippen LogP contribution in [0.4, 0.5) is 13.2 Å². The van der Waals surface area contributed by atoms with Crippen LogP contribution in [-0.2, 0) is 6.18 Å². The van der Waals surface area contributed by atoms with Crippen molar-refractivity contribution < 1.29 is 18.3 Å². The van der Waals surface area contributed by atoms with Gasteiger partial charge in [-0.1, -0.05) is 39.0 Å². The first-order chi connectivity index (χ1) is 8.23. The normalized spacial score (nSPS) is 15.8. The van der Waals surface area contributed by atoms with Gasteiger partial charge >= 0.3 is 6.18 Å². The Hall–Kier alpha value is -1.03. The van der Waals surface area contributed by atoms with E-state index in [9.17, 15) is 18.3 Å². The Morgan fingerprint density at radius 1 is 1.11 bits per heavy atom. The lowest BCUT2D eigenvalue weighted by molar-refractivity contribution is -0.139. The predicted octanol–water partition coefficient (Wildman–Crippen LogP) is 4.42. The molecule has 0 fully saturated rings. The molecule has 1 aromatic rings. The van der Waals surface area contributed by atoms with Crippen LogP contribution < -0.4 is 0 Å². The molecule has 0 aromatic heterocycles. The lowest BCUT2D eigenvalue weighted by Crippen LogP contribution is -2.17. The van der Waals surface area contributed by atoms with E-state index in [0.29, 0.717) is 12.3 Å². The maximum Gasteiger partial charge on any atom is 0.416 e. The van der Waals surface area contributed by atoms with Gasteiger partial charge in [-0.15, -0.1) is 0 Å². The number of hydrogen-bond donors (Lipinski definition) is 1. The molecular weight excluding hydrogens is 241 g/mol. The summed E-state index contributed by atoms with van der Waals surface area (Å²) in [6.45, 7) is 5.75. The maximum atomic E-state index is 12.8. The number of aliphatic hydroxyl groups excluding tert-OH is 1. The number of hydrogen-bond acceptors (Lipinski definition) is 1. The van der Waals surface area contributed by atoms with E-state index in [1.165, 1.54) is 18.2 Å². The van der Waals surface area contributed by atoms with Crippen molar-refractivity contribution in [3.8, 4) is 0 Å². The van der Waals surface area contributed by atoms with Gasteiger partial charge in [-0.3, -0.25) is 0 Å². The first kappa shape index (κ1) is 15.0. The van der Waals surface area contributed by atoms with E-state index in [1.807, 2.05) is 13.8 Å². The average molecular weight is 260 g/mol. The molecule has 2 atom stereocenters. The highest BCUT2D eigenvalue weighted by molar-refractivity contribution is 5.31. The Bertz CT molecular complexity index is 385. The molecule has 18 heavy (non-hydrogen) atoms. The van der Waals surface area contributed by atoms with E-state index < -0.39 is 17.8 Å². The van der Waals surface area contributed by atoms with E-state index >= 15 is 0 Å². The second kappa shape index (κ2) is 5.74. The van der Waals surface area contributed by atoms with Crippen molar-refractivity contribution in [2.24, 2.45) is 11.8 Å². The molecule has 0 bridgehead atoms. The number of aliphatic hydroxyl groups is 1. The monoisotopic (exact) mass is 260 g/mol. The lowest BCUT2D eigenvalue weighted by Gasteiger charge is -2.23. The summed E-state index contributed by atoms with van der Waals surface area (Å²) < 4.78 is 38.5. The maximum absolute atomic E-state index is 12.8. The van der Waals surface area contributed by atoms with Gasteiger partial charge in [0.15, 0.2) is 0 Å². The van der Waals surface area contributed by atoms with Crippen LogP contribution in [-0.4, -0.2) is 5.11 Å². The van der Waals surface area contributed by atoms with Crippen molar-refractivity contribution in [1.82, 2.24) is 0 Å². The van der Waals surface area contributed by atoms with Gasteiger partial charge in [-0.05, 0) is 29.9 Å². The van der Waals surface area contributed by atoms with Gasteiger partial charge in [-0.2, -0.15) is 13.2 Å². The summed E-state index contributed by atoms with van der Waals surface area (Å²) in [5, 5.41) is 10.1. The van der Waals surface area contributed by atoms with E-state index in [1.54, 1.807) is 6.92 Å². The number of rotatable bonds is 4. The van der Waals surface area contributed by atoms with Crippen LogP contribution in [0.25, 0.3) is 0 Å². The van der Waals surface area contributed by atoms with Crippen LogP contribution >= 0.6 is 0 Å². The summed E-state index contributed by atoms with van der Waals surface area (Å²) in [6, 6.07) is 5.23. The molecule has 102 valence electrons. The van der Waals surface area contributed by atoms with Crippen LogP contribution in [0.5, 0.6) is 0 Å². The molecule has 0 saturated heterocycles. The molecule has 1 aromatic carbocycles. The minimum absolute atomic E-state index is 0.0295. The quantitative estimate of drug-likeness (QED) is 0.849. The van der Waals surface area contributed by atoms with Gasteiger partial charge in [0.2, 0.25) is 0 Å². The Labute approximate surface area is 106 Å². The Morgan fingerprint density at radius 3 is 2.17 bits per heavy atom. The summed E-state index contributed by atoms with van der Waals surface area (Å²) in [6.07, 6.45) is -4.81. The first-order valence-electron chi connectivity index (χ1n) is 6.07. The van der Waals surface area contributed by atoms with Gasteiger partial charge in [0.1, 0.15) is 0 Å². The summed E-state index contributed by atoms with van der Waals surface area (Å²) >= 11 is 0. The second-order valence-electron chi connectivity index (χ2n) is 5.14. The molecule has 0 radical (unpaired) electrons. The number of halogens is 3. The van der Waals surface area contributed by atoms with E-state index in [2.05, 4.69) is 0 Å². The van der Waals surface area contributed by atoms with Gasteiger partial charge in [0.25, 0.3) is 0 Å². The van der Waals surface area contributed by atoms with Crippen LogP contribution in [0, 0.1) is 11.8 Å². The molecule has 0 aliphatic rings. The van der Waals surface area contributed by atoms with Crippen molar-refractivity contribution in [2.75, 3.05) is 0 Å². The van der Waals surface area contributed by atoms with Crippen molar-refractivity contribution in [1.29, 1.82) is 0 Å². The SMILES string of the molecule is CC(C)CC(C)C(O)c1ccccc1C(F)(F)F. The third kappa shape index (κ3) is 3.73. The molecule has 0 aliphatic heterocycles. The molecular formula is C14H19F3O. The molecule has 2 unspecified atom stereocenters. The number of alkyl halides is 3. The summed E-state index contributed by atoms with van der Waals surface area (Å²) in [5.41, 5.74) is -0.772. The Morgan fingerprint density at radius 2 is 1.67 bits per heavy atom. The van der Waals surface area contributed by atoms with E-state index in [0.717, 1.165) is 6.07 Å². The van der Waals surface area contributed by atoms with E-state index in [-0.39, 0.29) is 11.5 Å². The third-order valence-corrected chi connectivity index (χ3v) is 2.97. The van der Waals surface area contributed by atoms with E-state index in [4.69, 9.17) is 0 Å². The minimum Gasteiger partial charge on any atom is -0.388 e. The molecule has 1 N–H and O–H groups in total. The van der Waals surface area contributed by atoms with Crippen molar-refractivity contribution in [2.45, 2.75) is 39.5 Å². The van der Waals surface area contributed by atoms with Gasteiger partial charge in [0.05, 0.1) is 11.7 Å². The third-order valence-electron chi connectivity index (χ3n) is 2.97. The molecule has 0 amide bonds. The average Bonchev–Trinajstić information content (AvgIpc) is 2.26. The molecule has 0 aliphatic carbocycles. The summed E-state index contributed by atoms with van der Waals surface area (Å²) in [5.74, 6) is 0.140. The molecule has 0 spiro atoms. The standard InChI is InChI=1S/C14H19F3O/c1-9(2)8-10(3)13(18)11-6-4-5-7-12(11)14(15,16)17/h4-7,9-10,13,18H,8H2,1-3H3. The highest BCUT2D eigenvalue weighted by atomic mass is 19.4. The van der Waals surface area contributed by atoms with Gasteiger partial charge < -0.3 is 5.11 Å². The topological polar surface area (TPSA) is 20.2 Å². The fourth-order valence-corrected chi connectivity index (χ4v) is 2.19. The smallest absolute Gasteiger partial charge is 0.388 e. The zero-order chi connectivity index (χ0) is 13.9. The number of benzene rings is 1. The van der Waals surface area contributed by atoms with Crippen molar-refractivity contribution >= 4 is 0 Å². The predicted molar refractivity (Wildman–Crippen MR) is 65.0 cm³/mol. The Balaban J connectivity index is 3.02. The molecule has 0 saturated carbocycles. The minimum atomic E-state index is -4.42.